The van der Waals surface area contributed by atoms with Crippen LogP contribution in [-0.4, -0.2) is 55.4 Å². The fourth-order valence-corrected chi connectivity index (χ4v) is 9.62. The third-order valence-electron chi connectivity index (χ3n) is 9.71. The van der Waals surface area contributed by atoms with Gasteiger partial charge in [-0.2, -0.15) is 0 Å². The van der Waals surface area contributed by atoms with Crippen LogP contribution in [0.5, 0.6) is 0 Å². The van der Waals surface area contributed by atoms with Crippen molar-refractivity contribution in [3.05, 3.63) is 0 Å². The van der Waals surface area contributed by atoms with Gasteiger partial charge in [0.05, 0.1) is 11.2 Å². The Morgan fingerprint density at radius 1 is 0.743 bits per heavy atom. The maximum atomic E-state index is 11.8. The van der Waals surface area contributed by atoms with Crippen molar-refractivity contribution in [2.24, 2.45) is 40.2 Å². The third kappa shape index (κ3) is 5.64. The molecule has 8 aliphatic carbocycles. The number of carbonyl (C=O) groups is 3. The van der Waals surface area contributed by atoms with E-state index in [0.717, 1.165) is 51.4 Å². The van der Waals surface area contributed by atoms with Gasteiger partial charge < -0.3 is 26.2 Å². The molecule has 4 unspecified atom stereocenters. The van der Waals surface area contributed by atoms with Crippen molar-refractivity contribution in [2.45, 2.75) is 94.3 Å². The Kier molecular flexibility index (Phi) is 9.11. The van der Waals surface area contributed by atoms with Gasteiger partial charge in [0.15, 0.2) is 0 Å². The van der Waals surface area contributed by atoms with E-state index < -0.39 is 40.4 Å². The number of rotatable bonds is 4. The monoisotopic (exact) mass is 754 g/mol. The average Bonchev–Trinajstić information content (AvgIpc) is 2.71. The second-order valence-corrected chi connectivity index (χ2v) is 12.5. The third-order valence-corrected chi connectivity index (χ3v) is 9.71. The fourth-order valence-electron chi connectivity index (χ4n) is 9.62. The van der Waals surface area contributed by atoms with E-state index in [0.29, 0.717) is 49.4 Å². The minimum absolute atomic E-state index is 0. The van der Waals surface area contributed by atoms with Gasteiger partial charge in [-0.15, -0.1) is 0 Å². The molecule has 0 aromatic heterocycles. The van der Waals surface area contributed by atoms with Crippen molar-refractivity contribution >= 4 is 55.0 Å². The number of carboxylic acids is 2. The number of nitrogens with two attached hydrogens (primary N) is 1. The molecule has 8 bridgehead atoms. The molecule has 0 aliphatic heterocycles. The van der Waals surface area contributed by atoms with Crippen LogP contribution >= 0.6 is 37.2 Å². The number of hydrogen-bond donors (Lipinski definition) is 5. The number of halogens is 2. The zero-order valence-electron chi connectivity index (χ0n) is 19.7. The zero-order valence-corrected chi connectivity index (χ0v) is 25.4. The maximum Gasteiger partial charge on any atom is 0.372 e. The van der Waals surface area contributed by atoms with E-state index in [9.17, 15) is 24.6 Å². The molecule has 8 fully saturated rings. The van der Waals surface area contributed by atoms with Gasteiger partial charge in [0.2, 0.25) is 5.78 Å². The van der Waals surface area contributed by atoms with E-state index in [2.05, 4.69) is 37.2 Å². The number of hydrogen-bond acceptors (Lipinski definition) is 6. The summed E-state index contributed by atoms with van der Waals surface area (Å²) in [6.45, 7) is 0. The molecular weight excluding hydrogens is 719 g/mol. The molecule has 0 aromatic carbocycles. The topological polar surface area (TPSA) is 158 Å². The Morgan fingerprint density at radius 3 is 1.49 bits per heavy atom. The van der Waals surface area contributed by atoms with Gasteiger partial charge in [0.25, 0.3) is 0 Å². The van der Waals surface area contributed by atoms with Gasteiger partial charge in [-0.3, -0.25) is 9.59 Å². The predicted octanol–water partition coefficient (Wildman–Crippen LogP) is 3.47. The van der Waals surface area contributed by atoms with Crippen LogP contribution in [0.15, 0.2) is 0 Å². The van der Waals surface area contributed by atoms with Crippen LogP contribution in [0.25, 0.3) is 0 Å². The summed E-state index contributed by atoms with van der Waals surface area (Å²) in [5.41, 5.74) is 3.42. The molecule has 197 valence electrons. The first-order chi connectivity index (χ1) is 15.8. The second-order valence-electron chi connectivity index (χ2n) is 12.5. The number of Topliss-reactive ketones (excluding diaryl/α,β-unsaturated/α-hetero) is 1. The van der Waals surface area contributed by atoms with Crippen LogP contribution < -0.4 is 5.73 Å². The van der Waals surface area contributed by atoms with Gasteiger partial charge in [-0.25, -0.2) is 4.79 Å². The molecule has 11 heteroatoms. The SMILES string of the molecule is II.N[C@H](C(=O)O)C12CC3CC(CC(O)(C3)C1)C2.O=C(O)C(=O)C12CC3CC(CC(O)(C3)C1)C2.[V]. The molecule has 8 rings (SSSR count). The van der Waals surface area contributed by atoms with Crippen molar-refractivity contribution < 1.29 is 53.4 Å². The first-order valence-corrected chi connectivity index (χ1v) is 18.5. The summed E-state index contributed by atoms with van der Waals surface area (Å²) < 4.78 is 0. The Morgan fingerprint density at radius 2 is 1.14 bits per heavy atom. The van der Waals surface area contributed by atoms with Crippen LogP contribution in [0, 0.1) is 34.5 Å². The van der Waals surface area contributed by atoms with E-state index in [-0.39, 0.29) is 24.0 Å². The van der Waals surface area contributed by atoms with Crippen molar-refractivity contribution in [2.75, 3.05) is 0 Å². The van der Waals surface area contributed by atoms with E-state index in [1.54, 1.807) is 0 Å². The van der Waals surface area contributed by atoms with E-state index in [1.807, 2.05) is 0 Å². The Labute approximate surface area is 241 Å². The van der Waals surface area contributed by atoms with E-state index in [1.165, 1.54) is 0 Å². The molecule has 0 aromatic rings. The first-order valence-electron chi connectivity index (χ1n) is 12.2. The molecule has 0 spiro atoms. The molecule has 35 heavy (non-hydrogen) atoms. The van der Waals surface area contributed by atoms with Crippen LogP contribution in [0.3, 0.4) is 0 Å². The number of aliphatic hydroxyl groups is 2. The van der Waals surface area contributed by atoms with E-state index >= 15 is 0 Å². The van der Waals surface area contributed by atoms with Crippen molar-refractivity contribution in [3.8, 4) is 0 Å². The summed E-state index contributed by atoms with van der Waals surface area (Å²) in [5, 5.41) is 38.8. The Balaban J connectivity index is 0.000000178. The first kappa shape index (κ1) is 30.1. The van der Waals surface area contributed by atoms with Gasteiger partial charge in [0.1, 0.15) is 6.04 Å². The standard InChI is InChI=1S/C12H19NO3.C12H16O4.I2.V/c2*13-9(10(14)15)11-2-7-1-8(3-11)5-12(16,4-7)6-11;1-2;/h7-9,16H,1-6,13H2,(H,14,15);7-8,16H,1-6H2,(H,14,15);;/t7?,8?,9-,11?,12?;;;/m1.../s1. The summed E-state index contributed by atoms with van der Waals surface area (Å²) in [7, 11) is 0. The minimum Gasteiger partial charge on any atom is -0.480 e. The van der Waals surface area contributed by atoms with Crippen LogP contribution in [0.2, 0.25) is 0 Å². The summed E-state index contributed by atoms with van der Waals surface area (Å²) in [4.78, 5) is 33.8. The number of aliphatic carboxylic acids is 2. The molecule has 0 amide bonds. The molecule has 5 atom stereocenters. The van der Waals surface area contributed by atoms with Gasteiger partial charge in [0, 0.05) is 61.2 Å². The van der Waals surface area contributed by atoms with Crippen LogP contribution in [-0.2, 0) is 32.9 Å². The fraction of sp³-hybridized carbons (Fsp3) is 0.875. The molecule has 8 nitrogen and oxygen atoms in total. The Hall–Kier alpha value is 0.534. The molecular formula is C24H35I2NO7V. The zero-order chi connectivity index (χ0) is 25.1. The second kappa shape index (κ2) is 10.6. The molecule has 6 N–H and O–H groups in total. The number of carboxylic acid groups (broad SMARTS) is 2. The normalized spacial score (nSPS) is 46.3. The smallest absolute Gasteiger partial charge is 0.372 e. The minimum atomic E-state index is -1.33. The molecule has 1 radical (unpaired) electrons. The quantitative estimate of drug-likeness (QED) is 0.216. The van der Waals surface area contributed by atoms with Gasteiger partial charge >= 0.3 is 11.9 Å². The summed E-state index contributed by atoms with van der Waals surface area (Å²) in [6.07, 6.45) is 9.60. The van der Waals surface area contributed by atoms with Crippen molar-refractivity contribution in [1.29, 1.82) is 0 Å². The summed E-state index contributed by atoms with van der Waals surface area (Å²) >= 11 is 4.24. The Bertz CT molecular complexity index is 843. The van der Waals surface area contributed by atoms with Crippen molar-refractivity contribution in [3.63, 3.8) is 0 Å². The average molecular weight is 754 g/mol. The largest absolute Gasteiger partial charge is 0.480 e. The number of ketones is 1. The van der Waals surface area contributed by atoms with Crippen LogP contribution in [0.1, 0.15) is 77.0 Å². The predicted molar refractivity (Wildman–Crippen MR) is 140 cm³/mol. The van der Waals surface area contributed by atoms with Crippen molar-refractivity contribution in [1.82, 2.24) is 0 Å². The summed E-state index contributed by atoms with van der Waals surface area (Å²) in [6, 6.07) is -0.801. The summed E-state index contributed by atoms with van der Waals surface area (Å²) in [5.74, 6) is -1.20. The van der Waals surface area contributed by atoms with E-state index in [4.69, 9.17) is 15.9 Å². The maximum absolute atomic E-state index is 11.8. The molecule has 8 saturated carbocycles. The van der Waals surface area contributed by atoms with Gasteiger partial charge in [-0.1, -0.05) is 0 Å². The molecule has 0 saturated heterocycles. The number of carbonyl (C=O) groups excluding carboxylic acids is 1. The van der Waals surface area contributed by atoms with Gasteiger partial charge in [-0.05, 0) is 106 Å². The molecule has 8 aliphatic rings. The van der Waals surface area contributed by atoms with Crippen LogP contribution in [0.4, 0.5) is 0 Å². The molecule has 0 heterocycles.